The molecule has 2 aliphatic rings. The fourth-order valence-corrected chi connectivity index (χ4v) is 3.76. The molecule has 4 rings (SSSR count). The molecule has 1 aromatic heterocycles. The molecule has 1 aromatic carbocycles. The molecule has 5 heteroatoms. The highest BCUT2D eigenvalue weighted by Crippen LogP contribution is 2.39. The number of benzene rings is 1. The van der Waals surface area contributed by atoms with Gasteiger partial charge >= 0.3 is 0 Å². The number of nitrogens with one attached hydrogen (secondary N) is 1. The molecule has 0 amide bonds. The number of thioether (sulfide) groups is 1. The third-order valence-corrected chi connectivity index (χ3v) is 4.89. The van der Waals surface area contributed by atoms with Crippen molar-refractivity contribution in [1.82, 2.24) is 9.97 Å². The summed E-state index contributed by atoms with van der Waals surface area (Å²) in [6, 6.07) is 7.97. The quantitative estimate of drug-likeness (QED) is 0.875. The van der Waals surface area contributed by atoms with Crippen LogP contribution < -0.4 is 10.3 Å². The lowest BCUT2D eigenvalue weighted by Crippen LogP contribution is -2.24. The number of nitrogens with zero attached hydrogens (tertiary/aromatic N) is 1. The van der Waals surface area contributed by atoms with Crippen LogP contribution in [-0.2, 0) is 12.8 Å². The second-order valence-electron chi connectivity index (χ2n) is 5.09. The van der Waals surface area contributed by atoms with E-state index in [9.17, 15) is 4.79 Å². The number of ether oxygens (including phenoxy) is 1. The van der Waals surface area contributed by atoms with Crippen molar-refractivity contribution in [2.24, 2.45) is 0 Å². The fraction of sp³-hybridized carbons (Fsp3) is 0.333. The van der Waals surface area contributed by atoms with Crippen molar-refractivity contribution >= 4 is 11.8 Å². The van der Waals surface area contributed by atoms with Gasteiger partial charge in [-0.05, 0) is 31.4 Å². The number of H-pyrrole nitrogens is 1. The van der Waals surface area contributed by atoms with E-state index >= 15 is 0 Å². The van der Waals surface area contributed by atoms with Gasteiger partial charge < -0.3 is 9.72 Å². The second kappa shape index (κ2) is 4.66. The van der Waals surface area contributed by atoms with E-state index in [4.69, 9.17) is 4.74 Å². The Hall–Kier alpha value is -1.75. The number of para-hydroxylation sites is 1. The van der Waals surface area contributed by atoms with E-state index in [0.717, 1.165) is 46.9 Å². The fourth-order valence-electron chi connectivity index (χ4n) is 2.77. The molecule has 102 valence electrons. The average Bonchev–Trinajstić information content (AvgIpc) is 2.96. The monoisotopic (exact) mass is 286 g/mol. The summed E-state index contributed by atoms with van der Waals surface area (Å²) >= 11 is 1.74. The largest absolute Gasteiger partial charge is 0.480 e. The molecule has 4 nitrogen and oxygen atoms in total. The summed E-state index contributed by atoms with van der Waals surface area (Å²) < 4.78 is 5.98. The van der Waals surface area contributed by atoms with E-state index in [1.807, 2.05) is 18.2 Å². The Morgan fingerprint density at radius 1 is 1.30 bits per heavy atom. The maximum Gasteiger partial charge on any atom is 0.254 e. The Labute approximate surface area is 120 Å². The van der Waals surface area contributed by atoms with Crippen molar-refractivity contribution in [3.8, 4) is 5.75 Å². The Kier molecular flexibility index (Phi) is 2.80. The minimum absolute atomic E-state index is 0.00922. The molecule has 0 bridgehead atoms. The number of hydrogen-bond acceptors (Lipinski definition) is 4. The van der Waals surface area contributed by atoms with Gasteiger partial charge in [0, 0.05) is 16.2 Å². The molecule has 20 heavy (non-hydrogen) atoms. The predicted molar refractivity (Wildman–Crippen MR) is 77.4 cm³/mol. The lowest BCUT2D eigenvalue weighted by atomic mass is 10.2. The molecule has 2 heterocycles. The van der Waals surface area contributed by atoms with Crippen molar-refractivity contribution in [2.75, 3.05) is 5.75 Å². The van der Waals surface area contributed by atoms with Crippen LogP contribution in [0.4, 0.5) is 0 Å². The van der Waals surface area contributed by atoms with E-state index in [0.29, 0.717) is 5.82 Å². The number of aromatic nitrogens is 2. The maximum atomic E-state index is 12.1. The summed E-state index contributed by atoms with van der Waals surface area (Å²) in [4.78, 5) is 20.7. The molecule has 1 N–H and O–H groups in total. The van der Waals surface area contributed by atoms with Crippen LogP contribution in [0.5, 0.6) is 5.75 Å². The van der Waals surface area contributed by atoms with E-state index in [-0.39, 0.29) is 11.7 Å². The van der Waals surface area contributed by atoms with Gasteiger partial charge in [0.15, 0.2) is 11.9 Å². The average molecular weight is 286 g/mol. The zero-order chi connectivity index (χ0) is 13.5. The van der Waals surface area contributed by atoms with Gasteiger partial charge in [-0.2, -0.15) is 0 Å². The third-order valence-electron chi connectivity index (χ3n) is 3.77. The molecular formula is C15H14N2O2S. The molecule has 2 aromatic rings. The van der Waals surface area contributed by atoms with Gasteiger partial charge in [-0.25, -0.2) is 4.98 Å². The van der Waals surface area contributed by atoms with E-state index in [2.05, 4.69) is 16.0 Å². The van der Waals surface area contributed by atoms with Crippen molar-refractivity contribution in [2.45, 2.75) is 30.3 Å². The molecule has 1 aliphatic heterocycles. The van der Waals surface area contributed by atoms with Crippen LogP contribution in [0.15, 0.2) is 34.0 Å². The van der Waals surface area contributed by atoms with Crippen molar-refractivity contribution in [3.05, 3.63) is 51.7 Å². The molecule has 1 aliphatic carbocycles. The van der Waals surface area contributed by atoms with Gasteiger partial charge in [-0.15, -0.1) is 11.8 Å². The van der Waals surface area contributed by atoms with Crippen molar-refractivity contribution < 1.29 is 4.74 Å². The van der Waals surface area contributed by atoms with Crippen LogP contribution in [0, 0.1) is 0 Å². The van der Waals surface area contributed by atoms with Gasteiger partial charge in [0.1, 0.15) is 5.75 Å². The summed E-state index contributed by atoms with van der Waals surface area (Å²) in [6.45, 7) is 0. The summed E-state index contributed by atoms with van der Waals surface area (Å²) in [5.41, 5.74) is 1.82. The highest BCUT2D eigenvalue weighted by molar-refractivity contribution is 7.99. The Morgan fingerprint density at radius 2 is 2.20 bits per heavy atom. The van der Waals surface area contributed by atoms with Gasteiger partial charge in [0.05, 0.1) is 5.69 Å². The Bertz CT molecular complexity index is 726. The first-order valence-corrected chi connectivity index (χ1v) is 7.80. The highest BCUT2D eigenvalue weighted by Gasteiger charge is 2.26. The van der Waals surface area contributed by atoms with E-state index in [1.54, 1.807) is 11.8 Å². The second-order valence-corrected chi connectivity index (χ2v) is 6.16. The molecule has 1 atom stereocenters. The van der Waals surface area contributed by atoms with Crippen molar-refractivity contribution in [1.29, 1.82) is 0 Å². The summed E-state index contributed by atoms with van der Waals surface area (Å²) in [6.07, 6.45) is 2.61. The molecule has 0 spiro atoms. The normalized spacial score (nSPS) is 20.1. The highest BCUT2D eigenvalue weighted by atomic mass is 32.2. The predicted octanol–water partition coefficient (Wildman–Crippen LogP) is 2.48. The lowest BCUT2D eigenvalue weighted by molar-refractivity contribution is 0.209. The van der Waals surface area contributed by atoms with Crippen LogP contribution >= 0.6 is 11.8 Å². The van der Waals surface area contributed by atoms with Crippen LogP contribution in [-0.4, -0.2) is 15.7 Å². The molecular weight excluding hydrogens is 272 g/mol. The number of fused-ring (bicyclic) bond motifs is 2. The Balaban J connectivity index is 1.70. The van der Waals surface area contributed by atoms with Gasteiger partial charge in [0.25, 0.3) is 5.56 Å². The van der Waals surface area contributed by atoms with Gasteiger partial charge in [-0.3, -0.25) is 4.79 Å². The van der Waals surface area contributed by atoms with E-state index < -0.39 is 0 Å². The first-order chi connectivity index (χ1) is 9.81. The van der Waals surface area contributed by atoms with Crippen LogP contribution in [0.25, 0.3) is 0 Å². The lowest BCUT2D eigenvalue weighted by Gasteiger charge is -2.24. The number of aryl methyl sites for hydroxylation is 1. The van der Waals surface area contributed by atoms with Crippen LogP contribution in [0.2, 0.25) is 0 Å². The zero-order valence-electron chi connectivity index (χ0n) is 10.9. The standard InChI is InChI=1S/C15H14N2O2S/c18-15-9-4-3-5-10(9)16-14(17-15)12-8-20-13-7-2-1-6-11(13)19-12/h1-2,6-7,12H,3-5,8H2,(H,16,17,18). The summed E-state index contributed by atoms with van der Waals surface area (Å²) in [7, 11) is 0. The Morgan fingerprint density at radius 3 is 3.15 bits per heavy atom. The zero-order valence-corrected chi connectivity index (χ0v) is 11.7. The number of hydrogen-bond donors (Lipinski definition) is 1. The third kappa shape index (κ3) is 1.93. The number of aromatic amines is 1. The maximum absolute atomic E-state index is 12.1. The minimum atomic E-state index is -0.173. The number of rotatable bonds is 1. The van der Waals surface area contributed by atoms with Gasteiger partial charge in [0.2, 0.25) is 0 Å². The van der Waals surface area contributed by atoms with Gasteiger partial charge in [-0.1, -0.05) is 12.1 Å². The molecule has 0 saturated carbocycles. The van der Waals surface area contributed by atoms with Crippen molar-refractivity contribution in [3.63, 3.8) is 0 Å². The molecule has 1 unspecified atom stereocenters. The molecule has 0 saturated heterocycles. The van der Waals surface area contributed by atoms with E-state index in [1.165, 1.54) is 0 Å². The summed E-state index contributed by atoms with van der Waals surface area (Å²) in [5, 5.41) is 0. The topological polar surface area (TPSA) is 55.0 Å². The first kappa shape index (κ1) is 12.0. The SMILES string of the molecule is O=c1[nH]c(C2CSc3ccccc3O2)nc2c1CCC2. The minimum Gasteiger partial charge on any atom is -0.480 e. The summed E-state index contributed by atoms with van der Waals surface area (Å²) in [5.74, 6) is 2.31. The first-order valence-electron chi connectivity index (χ1n) is 6.82. The smallest absolute Gasteiger partial charge is 0.254 e. The molecule has 0 radical (unpaired) electrons. The molecule has 0 fully saturated rings. The van der Waals surface area contributed by atoms with Crippen LogP contribution in [0.1, 0.15) is 29.6 Å². The van der Waals surface area contributed by atoms with Crippen LogP contribution in [0.3, 0.4) is 0 Å².